The summed E-state index contributed by atoms with van der Waals surface area (Å²) in [6, 6.07) is 6.63. The normalized spacial score (nSPS) is 15.8. The van der Waals surface area contributed by atoms with E-state index >= 15 is 0 Å². The number of nitrogens with zero attached hydrogens (tertiary/aromatic N) is 2. The van der Waals surface area contributed by atoms with E-state index in [0.717, 1.165) is 12.8 Å². The molecule has 1 fully saturated rings. The van der Waals surface area contributed by atoms with Gasteiger partial charge in [0.25, 0.3) is 11.6 Å². The highest BCUT2D eigenvalue weighted by Gasteiger charge is 2.35. The zero-order chi connectivity index (χ0) is 16.2. The molecule has 2 rings (SSSR count). The molecule has 1 aromatic rings. The van der Waals surface area contributed by atoms with Crippen molar-refractivity contribution in [1.82, 2.24) is 5.32 Å². The molecule has 116 valence electrons. The summed E-state index contributed by atoms with van der Waals surface area (Å²) in [4.78, 5) is 22.3. The fourth-order valence-electron chi connectivity index (χ4n) is 2.65. The molecule has 0 unspecified atom stereocenters. The van der Waals surface area contributed by atoms with Crippen LogP contribution in [-0.4, -0.2) is 23.0 Å². The number of nitrogens with one attached hydrogen (secondary N) is 1. The Hall–Kier alpha value is -2.62. The summed E-state index contributed by atoms with van der Waals surface area (Å²) in [6.07, 6.45) is 3.12. The number of benzene rings is 1. The first kappa shape index (κ1) is 15.8. The quantitative estimate of drug-likeness (QED) is 0.663. The second kappa shape index (κ2) is 6.43. The van der Waals surface area contributed by atoms with E-state index in [0.29, 0.717) is 24.2 Å². The lowest BCUT2D eigenvalue weighted by Crippen LogP contribution is -2.47. The maximum Gasteiger partial charge on any atom is 0.276 e. The fourth-order valence-corrected chi connectivity index (χ4v) is 2.65. The molecule has 7 nitrogen and oxygen atoms in total. The van der Waals surface area contributed by atoms with E-state index in [1.807, 2.05) is 0 Å². The molecular weight excluding hydrogens is 286 g/mol. The standard InChI is InChI=1S/C15H17N3O4/c1-11-12(18(20)21)5-4-6-13(11)22-9-14(19)17-15(10-16)7-2-3-8-15/h4-6H,2-3,7-9H2,1H3,(H,17,19). The van der Waals surface area contributed by atoms with Gasteiger partial charge in [0, 0.05) is 6.07 Å². The Balaban J connectivity index is 1.99. The molecule has 7 heteroatoms. The molecule has 1 N–H and O–H groups in total. The largest absolute Gasteiger partial charge is 0.483 e. The minimum atomic E-state index is -0.793. The molecular formula is C15H17N3O4. The smallest absolute Gasteiger partial charge is 0.276 e. The zero-order valence-corrected chi connectivity index (χ0v) is 12.3. The molecule has 0 aromatic heterocycles. The summed E-state index contributed by atoms with van der Waals surface area (Å²) in [5, 5.41) is 22.8. The van der Waals surface area contributed by atoms with Crippen LogP contribution >= 0.6 is 0 Å². The van der Waals surface area contributed by atoms with Crippen LogP contribution in [0.25, 0.3) is 0 Å². The van der Waals surface area contributed by atoms with Crippen LogP contribution in [0.2, 0.25) is 0 Å². The number of nitro benzene ring substituents is 1. The van der Waals surface area contributed by atoms with Crippen LogP contribution in [0.5, 0.6) is 5.75 Å². The topological polar surface area (TPSA) is 105 Å². The number of nitriles is 1. The number of hydrogen-bond donors (Lipinski definition) is 1. The Morgan fingerprint density at radius 3 is 2.77 bits per heavy atom. The van der Waals surface area contributed by atoms with Crippen molar-refractivity contribution in [3.63, 3.8) is 0 Å². The molecule has 1 aliphatic rings. The van der Waals surface area contributed by atoms with Gasteiger partial charge in [0.15, 0.2) is 6.61 Å². The van der Waals surface area contributed by atoms with Gasteiger partial charge >= 0.3 is 0 Å². The molecule has 1 saturated carbocycles. The van der Waals surface area contributed by atoms with Crippen molar-refractivity contribution < 1.29 is 14.5 Å². The average Bonchev–Trinajstić information content (AvgIpc) is 2.95. The van der Waals surface area contributed by atoms with Gasteiger partial charge in [-0.15, -0.1) is 0 Å². The molecule has 1 amide bonds. The minimum absolute atomic E-state index is 0.0535. The van der Waals surface area contributed by atoms with Crippen LogP contribution < -0.4 is 10.1 Å². The second-order valence-electron chi connectivity index (χ2n) is 5.40. The highest BCUT2D eigenvalue weighted by Crippen LogP contribution is 2.29. The van der Waals surface area contributed by atoms with Gasteiger partial charge in [-0.1, -0.05) is 6.07 Å². The van der Waals surface area contributed by atoms with Crippen molar-refractivity contribution in [2.45, 2.75) is 38.1 Å². The summed E-state index contributed by atoms with van der Waals surface area (Å²) in [5.74, 6) is -0.101. The maximum atomic E-state index is 11.9. The van der Waals surface area contributed by atoms with E-state index in [-0.39, 0.29) is 12.3 Å². The first-order valence-corrected chi connectivity index (χ1v) is 7.06. The molecule has 0 atom stereocenters. The Bertz CT molecular complexity index is 630. The summed E-state index contributed by atoms with van der Waals surface area (Å²) < 4.78 is 5.36. The van der Waals surface area contributed by atoms with Crippen molar-refractivity contribution in [3.8, 4) is 11.8 Å². The van der Waals surface area contributed by atoms with Gasteiger partial charge in [-0.3, -0.25) is 14.9 Å². The number of amides is 1. The van der Waals surface area contributed by atoms with Crippen molar-refractivity contribution in [2.75, 3.05) is 6.61 Å². The van der Waals surface area contributed by atoms with Crippen LogP contribution in [0.15, 0.2) is 18.2 Å². The minimum Gasteiger partial charge on any atom is -0.483 e. The third-order valence-electron chi connectivity index (χ3n) is 3.86. The number of ether oxygens (including phenoxy) is 1. The fraction of sp³-hybridized carbons (Fsp3) is 0.467. The van der Waals surface area contributed by atoms with E-state index in [2.05, 4.69) is 11.4 Å². The summed E-state index contributed by atoms with van der Waals surface area (Å²) in [7, 11) is 0. The SMILES string of the molecule is Cc1c(OCC(=O)NC2(C#N)CCCC2)cccc1[N+](=O)[O-]. The highest BCUT2D eigenvalue weighted by atomic mass is 16.6. The predicted molar refractivity (Wildman–Crippen MR) is 78.3 cm³/mol. The van der Waals surface area contributed by atoms with E-state index in [1.54, 1.807) is 13.0 Å². The number of rotatable bonds is 5. The number of carbonyl (C=O) groups is 1. The molecule has 0 heterocycles. The number of nitro groups is 1. The first-order valence-electron chi connectivity index (χ1n) is 7.06. The summed E-state index contributed by atoms with van der Waals surface area (Å²) in [5.41, 5.74) is -0.476. The molecule has 0 saturated heterocycles. The third-order valence-corrected chi connectivity index (χ3v) is 3.86. The monoisotopic (exact) mass is 303 g/mol. The van der Waals surface area contributed by atoms with Crippen molar-refractivity contribution >= 4 is 11.6 Å². The lowest BCUT2D eigenvalue weighted by molar-refractivity contribution is -0.385. The third kappa shape index (κ3) is 3.34. The van der Waals surface area contributed by atoms with E-state index in [4.69, 9.17) is 4.74 Å². The predicted octanol–water partition coefficient (Wildman–Crippen LogP) is 2.23. The number of hydrogen-bond acceptors (Lipinski definition) is 5. The summed E-state index contributed by atoms with van der Waals surface area (Å²) in [6.45, 7) is 1.30. The van der Waals surface area contributed by atoms with Crippen LogP contribution in [0.3, 0.4) is 0 Å². The number of carbonyl (C=O) groups excluding carboxylic acids is 1. The van der Waals surface area contributed by atoms with Gasteiger partial charge in [-0.05, 0) is 38.7 Å². The van der Waals surface area contributed by atoms with Crippen molar-refractivity contribution in [1.29, 1.82) is 5.26 Å². The molecule has 0 aliphatic heterocycles. The van der Waals surface area contributed by atoms with E-state index in [9.17, 15) is 20.2 Å². The molecule has 0 spiro atoms. The van der Waals surface area contributed by atoms with Crippen LogP contribution in [-0.2, 0) is 4.79 Å². The lowest BCUT2D eigenvalue weighted by Gasteiger charge is -2.22. The average molecular weight is 303 g/mol. The van der Waals surface area contributed by atoms with Crippen molar-refractivity contribution in [3.05, 3.63) is 33.9 Å². The van der Waals surface area contributed by atoms with Gasteiger partial charge in [0.2, 0.25) is 0 Å². The van der Waals surface area contributed by atoms with Gasteiger partial charge in [-0.2, -0.15) is 5.26 Å². The highest BCUT2D eigenvalue weighted by molar-refractivity contribution is 5.79. The second-order valence-corrected chi connectivity index (χ2v) is 5.40. The van der Waals surface area contributed by atoms with Gasteiger partial charge in [-0.25, -0.2) is 0 Å². The summed E-state index contributed by atoms with van der Waals surface area (Å²) >= 11 is 0. The van der Waals surface area contributed by atoms with Crippen LogP contribution in [0, 0.1) is 28.4 Å². The molecule has 22 heavy (non-hydrogen) atoms. The Kier molecular flexibility index (Phi) is 4.61. The lowest BCUT2D eigenvalue weighted by atomic mass is 10.00. The Morgan fingerprint density at radius 1 is 1.50 bits per heavy atom. The Morgan fingerprint density at radius 2 is 2.18 bits per heavy atom. The van der Waals surface area contributed by atoms with E-state index < -0.39 is 16.4 Å². The van der Waals surface area contributed by atoms with Crippen LogP contribution in [0.4, 0.5) is 5.69 Å². The van der Waals surface area contributed by atoms with Gasteiger partial charge in [0.1, 0.15) is 11.3 Å². The van der Waals surface area contributed by atoms with Gasteiger partial charge in [0.05, 0.1) is 16.6 Å². The maximum absolute atomic E-state index is 11.9. The molecule has 0 bridgehead atoms. The molecule has 1 aliphatic carbocycles. The van der Waals surface area contributed by atoms with Crippen molar-refractivity contribution in [2.24, 2.45) is 0 Å². The molecule has 1 aromatic carbocycles. The van der Waals surface area contributed by atoms with E-state index in [1.165, 1.54) is 12.1 Å². The molecule has 0 radical (unpaired) electrons. The van der Waals surface area contributed by atoms with Crippen LogP contribution in [0.1, 0.15) is 31.2 Å². The first-order chi connectivity index (χ1) is 10.5. The van der Waals surface area contributed by atoms with Gasteiger partial charge < -0.3 is 10.1 Å². The Labute approximate surface area is 128 Å². The zero-order valence-electron chi connectivity index (χ0n) is 12.3.